The molecule has 4 rings (SSSR count). The molecule has 0 radical (unpaired) electrons. The van der Waals surface area contributed by atoms with E-state index in [9.17, 15) is 13.2 Å². The minimum Gasteiger partial charge on any atom is -0.309 e. The van der Waals surface area contributed by atoms with Crippen LogP contribution in [0.1, 0.15) is 44.6 Å². The molecule has 1 aromatic rings. The van der Waals surface area contributed by atoms with Gasteiger partial charge in [-0.1, -0.05) is 6.42 Å². The molecule has 0 bridgehead atoms. The Balaban J connectivity index is 1.64. The number of rotatable bonds is 3. The first-order valence-corrected chi connectivity index (χ1v) is 10.4. The van der Waals surface area contributed by atoms with Crippen molar-refractivity contribution in [3.05, 3.63) is 23.8 Å². The lowest BCUT2D eigenvalue weighted by Crippen LogP contribution is -2.36. The molecule has 1 atom stereocenters. The standard InChI is InChI=1S/C18H24N2O3S/c1-13-11-15-12-16(24(22,23)19-9-3-2-4-10-19)7-8-17(15)20(13)18(21)14-5-6-14/h7-8,12-14H,2-6,9-11H2,1H3/t13-/m0/s1. The van der Waals surface area contributed by atoms with Gasteiger partial charge in [-0.15, -0.1) is 0 Å². The summed E-state index contributed by atoms with van der Waals surface area (Å²) in [5, 5.41) is 0. The predicted octanol–water partition coefficient (Wildman–Crippen LogP) is 2.55. The molecule has 2 fully saturated rings. The fourth-order valence-corrected chi connectivity index (χ4v) is 5.45. The number of hydrogen-bond donors (Lipinski definition) is 0. The molecule has 1 aliphatic carbocycles. The topological polar surface area (TPSA) is 57.7 Å². The van der Waals surface area contributed by atoms with Crippen molar-refractivity contribution in [3.63, 3.8) is 0 Å². The Kier molecular flexibility index (Phi) is 3.92. The number of nitrogens with zero attached hydrogens (tertiary/aromatic N) is 2. The highest BCUT2D eigenvalue weighted by Crippen LogP contribution is 2.39. The maximum absolute atomic E-state index is 12.8. The fourth-order valence-electron chi connectivity index (χ4n) is 3.89. The van der Waals surface area contributed by atoms with Crippen LogP contribution in [0, 0.1) is 5.92 Å². The number of carbonyl (C=O) groups is 1. The molecule has 1 aromatic carbocycles. The quantitative estimate of drug-likeness (QED) is 0.843. The van der Waals surface area contributed by atoms with Crippen LogP contribution in [0.4, 0.5) is 5.69 Å². The number of piperidine rings is 1. The number of benzene rings is 1. The van der Waals surface area contributed by atoms with Crippen molar-refractivity contribution in [2.24, 2.45) is 5.92 Å². The van der Waals surface area contributed by atoms with Gasteiger partial charge in [0.1, 0.15) is 0 Å². The Hall–Kier alpha value is -1.40. The summed E-state index contributed by atoms with van der Waals surface area (Å²) < 4.78 is 27.3. The molecule has 1 saturated carbocycles. The van der Waals surface area contributed by atoms with Gasteiger partial charge in [-0.25, -0.2) is 8.42 Å². The van der Waals surface area contributed by atoms with Gasteiger partial charge in [0.2, 0.25) is 15.9 Å². The summed E-state index contributed by atoms with van der Waals surface area (Å²) in [6.07, 6.45) is 5.68. The number of carbonyl (C=O) groups excluding carboxylic acids is 1. The van der Waals surface area contributed by atoms with Gasteiger partial charge in [-0.3, -0.25) is 4.79 Å². The third kappa shape index (κ3) is 2.65. The second-order valence-electron chi connectivity index (χ2n) is 7.29. The van der Waals surface area contributed by atoms with Crippen molar-refractivity contribution in [2.75, 3.05) is 18.0 Å². The third-order valence-electron chi connectivity index (χ3n) is 5.38. The van der Waals surface area contributed by atoms with Gasteiger partial charge < -0.3 is 4.90 Å². The summed E-state index contributed by atoms with van der Waals surface area (Å²) in [6, 6.07) is 5.40. The van der Waals surface area contributed by atoms with Crippen molar-refractivity contribution in [2.45, 2.75) is 56.4 Å². The third-order valence-corrected chi connectivity index (χ3v) is 7.28. The van der Waals surface area contributed by atoms with E-state index in [0.717, 1.165) is 49.8 Å². The predicted molar refractivity (Wildman–Crippen MR) is 92.4 cm³/mol. The van der Waals surface area contributed by atoms with Crippen LogP contribution in [-0.4, -0.2) is 37.8 Å². The molecule has 24 heavy (non-hydrogen) atoms. The van der Waals surface area contributed by atoms with Crippen LogP contribution in [0.3, 0.4) is 0 Å². The van der Waals surface area contributed by atoms with Crippen LogP contribution in [-0.2, 0) is 21.2 Å². The van der Waals surface area contributed by atoms with Gasteiger partial charge in [0.05, 0.1) is 4.90 Å². The Morgan fingerprint density at radius 1 is 1.12 bits per heavy atom. The fraction of sp³-hybridized carbons (Fsp3) is 0.611. The van der Waals surface area contributed by atoms with E-state index in [0.29, 0.717) is 18.0 Å². The van der Waals surface area contributed by atoms with E-state index in [2.05, 4.69) is 0 Å². The maximum atomic E-state index is 12.8. The Labute approximate surface area is 143 Å². The molecular formula is C18H24N2O3S. The van der Waals surface area contributed by atoms with E-state index >= 15 is 0 Å². The summed E-state index contributed by atoms with van der Waals surface area (Å²) in [7, 11) is -3.41. The van der Waals surface area contributed by atoms with Gasteiger partial charge in [0.15, 0.2) is 0 Å². The van der Waals surface area contributed by atoms with Crippen molar-refractivity contribution in [1.82, 2.24) is 4.31 Å². The lowest BCUT2D eigenvalue weighted by atomic mass is 10.1. The highest BCUT2D eigenvalue weighted by molar-refractivity contribution is 7.89. The average Bonchev–Trinajstić information content (AvgIpc) is 3.37. The number of fused-ring (bicyclic) bond motifs is 1. The minimum atomic E-state index is -3.41. The zero-order valence-electron chi connectivity index (χ0n) is 14.1. The average molecular weight is 348 g/mol. The molecule has 2 heterocycles. The summed E-state index contributed by atoms with van der Waals surface area (Å²) >= 11 is 0. The molecule has 3 aliphatic rings. The van der Waals surface area contributed by atoms with Gasteiger partial charge >= 0.3 is 0 Å². The highest BCUT2D eigenvalue weighted by Gasteiger charge is 2.40. The molecule has 1 saturated heterocycles. The number of anilines is 1. The molecule has 0 aromatic heterocycles. The highest BCUT2D eigenvalue weighted by atomic mass is 32.2. The Morgan fingerprint density at radius 2 is 1.83 bits per heavy atom. The molecule has 130 valence electrons. The normalized spacial score (nSPS) is 24.9. The zero-order valence-corrected chi connectivity index (χ0v) is 14.9. The largest absolute Gasteiger partial charge is 0.309 e. The molecule has 0 unspecified atom stereocenters. The number of amides is 1. The molecule has 0 spiro atoms. The smallest absolute Gasteiger partial charge is 0.243 e. The first kappa shape index (κ1) is 16.1. The lowest BCUT2D eigenvalue weighted by Gasteiger charge is -2.26. The SMILES string of the molecule is C[C@H]1Cc2cc(S(=O)(=O)N3CCCCC3)ccc2N1C(=O)C1CC1. The van der Waals surface area contributed by atoms with Crippen LogP contribution in [0.15, 0.2) is 23.1 Å². The number of sulfonamides is 1. The molecule has 6 heteroatoms. The lowest BCUT2D eigenvalue weighted by molar-refractivity contribution is -0.120. The molecule has 5 nitrogen and oxygen atoms in total. The number of hydrogen-bond acceptors (Lipinski definition) is 3. The van der Waals surface area contributed by atoms with Gasteiger partial charge in [0.25, 0.3) is 0 Å². The summed E-state index contributed by atoms with van der Waals surface area (Å²) in [5.41, 5.74) is 1.88. The van der Waals surface area contributed by atoms with Crippen molar-refractivity contribution in [3.8, 4) is 0 Å². The van der Waals surface area contributed by atoms with Crippen LogP contribution in [0.2, 0.25) is 0 Å². The molecular weight excluding hydrogens is 324 g/mol. The first-order chi connectivity index (χ1) is 11.5. The van der Waals surface area contributed by atoms with E-state index in [4.69, 9.17) is 0 Å². The Bertz CT molecular complexity index is 764. The zero-order chi connectivity index (χ0) is 16.9. The van der Waals surface area contributed by atoms with Crippen LogP contribution >= 0.6 is 0 Å². The molecule has 1 amide bonds. The van der Waals surface area contributed by atoms with Crippen molar-refractivity contribution < 1.29 is 13.2 Å². The molecule has 0 N–H and O–H groups in total. The van der Waals surface area contributed by atoms with E-state index in [1.54, 1.807) is 16.4 Å². The monoisotopic (exact) mass is 348 g/mol. The molecule has 2 aliphatic heterocycles. The second-order valence-corrected chi connectivity index (χ2v) is 9.23. The van der Waals surface area contributed by atoms with Crippen molar-refractivity contribution >= 4 is 21.6 Å². The van der Waals surface area contributed by atoms with E-state index in [1.165, 1.54) is 0 Å². The first-order valence-electron chi connectivity index (χ1n) is 8.94. The summed E-state index contributed by atoms with van der Waals surface area (Å²) in [6.45, 7) is 3.27. The van der Waals surface area contributed by atoms with Crippen molar-refractivity contribution in [1.29, 1.82) is 0 Å². The van der Waals surface area contributed by atoms with E-state index in [-0.39, 0.29) is 17.9 Å². The maximum Gasteiger partial charge on any atom is 0.243 e. The van der Waals surface area contributed by atoms with E-state index < -0.39 is 10.0 Å². The van der Waals surface area contributed by atoms with Crippen LogP contribution in [0.25, 0.3) is 0 Å². The van der Waals surface area contributed by atoms with Gasteiger partial charge in [0, 0.05) is 30.7 Å². The van der Waals surface area contributed by atoms with Gasteiger partial charge in [-0.05, 0) is 62.8 Å². The second kappa shape index (κ2) is 5.85. The van der Waals surface area contributed by atoms with Crippen LogP contribution < -0.4 is 4.90 Å². The van der Waals surface area contributed by atoms with Crippen LogP contribution in [0.5, 0.6) is 0 Å². The van der Waals surface area contributed by atoms with E-state index in [1.807, 2.05) is 17.9 Å². The summed E-state index contributed by atoms with van der Waals surface area (Å²) in [5.74, 6) is 0.378. The minimum absolute atomic E-state index is 0.112. The Morgan fingerprint density at radius 3 is 2.50 bits per heavy atom. The summed E-state index contributed by atoms with van der Waals surface area (Å²) in [4.78, 5) is 14.8. The van der Waals surface area contributed by atoms with Gasteiger partial charge in [-0.2, -0.15) is 4.31 Å².